The number of aromatic nitrogens is 3. The van der Waals surface area contributed by atoms with Gasteiger partial charge in [-0.05, 0) is 68.4 Å². The number of ether oxygens (including phenoxy) is 1. The molecule has 9 nitrogen and oxygen atoms in total. The summed E-state index contributed by atoms with van der Waals surface area (Å²) >= 11 is 0. The number of benzene rings is 1. The number of hydrogen-bond acceptors (Lipinski definition) is 6. The standard InChI is InChI=1S/C30H36N6O3/c1-19-6-5-7-24(19)39-22-11-8-20(9-12-22)17-35-18-21-10-13-23(32-27(21)30(35,2)3)28-31-16-26(34(28)4)36-15-14-25(37)33-29(36)38/h8-13,16,19,24H,5-7,14-15,17-18H2,1-4H3,(H,33,37,38)/t19-,24-/m0/s1. The zero-order chi connectivity index (χ0) is 27.3. The van der Waals surface area contributed by atoms with Gasteiger partial charge in [-0.15, -0.1) is 0 Å². The third-order valence-corrected chi connectivity index (χ3v) is 8.60. The van der Waals surface area contributed by atoms with Gasteiger partial charge in [0, 0.05) is 33.1 Å². The Balaban J connectivity index is 1.18. The molecule has 1 saturated heterocycles. The Morgan fingerprint density at radius 1 is 1.10 bits per heavy atom. The molecule has 0 spiro atoms. The molecule has 0 radical (unpaired) electrons. The van der Waals surface area contributed by atoms with E-state index in [4.69, 9.17) is 9.72 Å². The monoisotopic (exact) mass is 528 g/mol. The van der Waals surface area contributed by atoms with Gasteiger partial charge in [0.25, 0.3) is 0 Å². The highest BCUT2D eigenvalue weighted by Gasteiger charge is 2.39. The maximum Gasteiger partial charge on any atom is 0.329 e. The fourth-order valence-corrected chi connectivity index (χ4v) is 6.10. The van der Waals surface area contributed by atoms with Gasteiger partial charge in [-0.2, -0.15) is 0 Å². The minimum Gasteiger partial charge on any atom is -0.490 e. The number of fused-ring (bicyclic) bond motifs is 1. The number of carbonyl (C=O) groups excluding carboxylic acids is 2. The summed E-state index contributed by atoms with van der Waals surface area (Å²) in [4.78, 5) is 37.6. The molecular weight excluding hydrogens is 492 g/mol. The van der Waals surface area contributed by atoms with Crippen molar-refractivity contribution in [3.8, 4) is 17.3 Å². The highest BCUT2D eigenvalue weighted by Crippen LogP contribution is 2.40. The molecular formula is C30H36N6O3. The number of pyridine rings is 1. The number of hydrogen-bond donors (Lipinski definition) is 1. The molecule has 39 heavy (non-hydrogen) atoms. The minimum absolute atomic E-state index is 0.256. The van der Waals surface area contributed by atoms with Crippen LogP contribution < -0.4 is 15.0 Å². The van der Waals surface area contributed by atoms with E-state index in [0.717, 1.165) is 36.6 Å². The second-order valence-electron chi connectivity index (χ2n) is 11.6. The molecule has 1 aromatic carbocycles. The van der Waals surface area contributed by atoms with E-state index in [1.165, 1.54) is 24.0 Å². The summed E-state index contributed by atoms with van der Waals surface area (Å²) in [6.45, 7) is 8.67. The maximum absolute atomic E-state index is 12.4. The Morgan fingerprint density at radius 2 is 1.90 bits per heavy atom. The number of nitrogens with one attached hydrogen (secondary N) is 1. The first kappa shape index (κ1) is 25.6. The van der Waals surface area contributed by atoms with E-state index < -0.39 is 6.03 Å². The van der Waals surface area contributed by atoms with Crippen molar-refractivity contribution in [2.75, 3.05) is 11.4 Å². The zero-order valence-corrected chi connectivity index (χ0v) is 23.1. The number of carbonyl (C=O) groups is 2. The van der Waals surface area contributed by atoms with Crippen LogP contribution in [0, 0.1) is 5.92 Å². The van der Waals surface area contributed by atoms with Gasteiger partial charge in [0.05, 0.1) is 17.4 Å². The van der Waals surface area contributed by atoms with Crippen molar-refractivity contribution < 1.29 is 14.3 Å². The zero-order valence-electron chi connectivity index (χ0n) is 23.1. The normalized spacial score (nSPS) is 22.7. The van der Waals surface area contributed by atoms with Gasteiger partial charge in [0.1, 0.15) is 23.4 Å². The van der Waals surface area contributed by atoms with Crippen molar-refractivity contribution in [3.05, 3.63) is 59.4 Å². The smallest absolute Gasteiger partial charge is 0.329 e. The number of anilines is 1. The SMILES string of the molecule is C[C@H]1CCC[C@@H]1Oc1ccc(CN2Cc3ccc(-c4ncc(N5CCC(=O)NC5=O)n4C)nc3C2(C)C)cc1. The average molecular weight is 529 g/mol. The van der Waals surface area contributed by atoms with Gasteiger partial charge in [-0.1, -0.05) is 25.1 Å². The lowest BCUT2D eigenvalue weighted by Crippen LogP contribution is -2.50. The van der Waals surface area contributed by atoms with Gasteiger partial charge < -0.3 is 9.30 Å². The quantitative estimate of drug-likeness (QED) is 0.497. The van der Waals surface area contributed by atoms with Crippen molar-refractivity contribution in [2.45, 2.75) is 71.2 Å². The van der Waals surface area contributed by atoms with E-state index in [0.29, 0.717) is 30.2 Å². The largest absolute Gasteiger partial charge is 0.490 e. The number of nitrogens with zero attached hydrogens (tertiary/aromatic N) is 5. The average Bonchev–Trinajstić information content (AvgIpc) is 3.56. The molecule has 4 heterocycles. The predicted molar refractivity (Wildman–Crippen MR) is 148 cm³/mol. The summed E-state index contributed by atoms with van der Waals surface area (Å²) in [7, 11) is 1.87. The highest BCUT2D eigenvalue weighted by molar-refractivity contribution is 6.05. The third kappa shape index (κ3) is 4.69. The van der Waals surface area contributed by atoms with Crippen LogP contribution in [0.5, 0.6) is 5.75 Å². The lowest BCUT2D eigenvalue weighted by atomic mass is 9.98. The molecule has 3 aliphatic rings. The molecule has 2 fully saturated rings. The van der Waals surface area contributed by atoms with Gasteiger partial charge in [-0.25, -0.2) is 14.8 Å². The summed E-state index contributed by atoms with van der Waals surface area (Å²) < 4.78 is 8.11. The van der Waals surface area contributed by atoms with Crippen LogP contribution in [0.25, 0.3) is 11.5 Å². The summed E-state index contributed by atoms with van der Waals surface area (Å²) in [5.41, 5.74) is 3.99. The Labute approximate surface area is 229 Å². The van der Waals surface area contributed by atoms with Crippen LogP contribution in [-0.2, 0) is 30.5 Å². The predicted octanol–water partition coefficient (Wildman–Crippen LogP) is 4.75. The lowest BCUT2D eigenvalue weighted by Gasteiger charge is -2.31. The fraction of sp³-hybridized carbons (Fsp3) is 0.467. The molecule has 3 aromatic rings. The van der Waals surface area contributed by atoms with Crippen molar-refractivity contribution in [2.24, 2.45) is 13.0 Å². The summed E-state index contributed by atoms with van der Waals surface area (Å²) in [6.07, 6.45) is 5.91. The molecule has 0 unspecified atom stereocenters. The van der Waals surface area contributed by atoms with Crippen molar-refractivity contribution in [3.63, 3.8) is 0 Å². The molecule has 204 valence electrons. The molecule has 6 rings (SSSR count). The number of imidazole rings is 1. The summed E-state index contributed by atoms with van der Waals surface area (Å²) in [6, 6.07) is 12.3. The van der Waals surface area contributed by atoms with Crippen LogP contribution in [0.2, 0.25) is 0 Å². The van der Waals surface area contributed by atoms with Crippen LogP contribution in [0.3, 0.4) is 0 Å². The van der Waals surface area contributed by atoms with Gasteiger partial charge in [0.15, 0.2) is 5.82 Å². The molecule has 3 amide bonds. The Bertz CT molecular complexity index is 1410. The molecule has 2 atom stereocenters. The second-order valence-corrected chi connectivity index (χ2v) is 11.6. The first-order valence-corrected chi connectivity index (χ1v) is 13.8. The molecule has 2 aromatic heterocycles. The first-order valence-electron chi connectivity index (χ1n) is 13.8. The van der Waals surface area contributed by atoms with Crippen LogP contribution in [0.4, 0.5) is 10.6 Å². The molecule has 1 aliphatic carbocycles. The van der Waals surface area contributed by atoms with Crippen LogP contribution in [0.15, 0.2) is 42.6 Å². The van der Waals surface area contributed by atoms with Gasteiger partial charge in [0.2, 0.25) is 5.91 Å². The van der Waals surface area contributed by atoms with Gasteiger partial charge in [-0.3, -0.25) is 19.9 Å². The number of amides is 3. The van der Waals surface area contributed by atoms with E-state index in [-0.39, 0.29) is 17.9 Å². The lowest BCUT2D eigenvalue weighted by molar-refractivity contribution is -0.120. The third-order valence-electron chi connectivity index (χ3n) is 8.60. The maximum atomic E-state index is 12.4. The molecule has 0 bridgehead atoms. The number of imide groups is 1. The minimum atomic E-state index is -0.424. The van der Waals surface area contributed by atoms with Crippen LogP contribution in [0.1, 0.15) is 63.3 Å². The first-order chi connectivity index (χ1) is 18.7. The highest BCUT2D eigenvalue weighted by atomic mass is 16.5. The van der Waals surface area contributed by atoms with E-state index in [1.807, 2.05) is 17.7 Å². The van der Waals surface area contributed by atoms with E-state index in [9.17, 15) is 9.59 Å². The Morgan fingerprint density at radius 3 is 2.62 bits per heavy atom. The summed E-state index contributed by atoms with van der Waals surface area (Å²) in [5.74, 6) is 2.63. The fourth-order valence-electron chi connectivity index (χ4n) is 6.10. The number of urea groups is 1. The molecule has 1 saturated carbocycles. The van der Waals surface area contributed by atoms with Crippen molar-refractivity contribution in [1.29, 1.82) is 0 Å². The van der Waals surface area contributed by atoms with E-state index >= 15 is 0 Å². The molecule has 1 N–H and O–H groups in total. The molecule has 9 heteroatoms. The Kier molecular flexibility index (Phi) is 6.41. The van der Waals surface area contributed by atoms with Crippen molar-refractivity contribution in [1.82, 2.24) is 24.8 Å². The van der Waals surface area contributed by atoms with Crippen LogP contribution in [-0.4, -0.2) is 44.0 Å². The van der Waals surface area contributed by atoms with E-state index in [2.05, 4.69) is 66.3 Å². The number of rotatable bonds is 6. The van der Waals surface area contributed by atoms with Crippen LogP contribution >= 0.6 is 0 Å². The van der Waals surface area contributed by atoms with Crippen molar-refractivity contribution >= 4 is 17.8 Å². The van der Waals surface area contributed by atoms with Gasteiger partial charge >= 0.3 is 6.03 Å². The van der Waals surface area contributed by atoms with E-state index in [1.54, 1.807) is 11.1 Å². The Hall–Kier alpha value is -3.72. The molecule has 2 aliphatic heterocycles. The second kappa shape index (κ2) is 9.79. The summed E-state index contributed by atoms with van der Waals surface area (Å²) in [5, 5.41) is 2.37. The topological polar surface area (TPSA) is 92.6 Å².